The Morgan fingerprint density at radius 3 is 2.28 bits per heavy atom. The molecule has 3 amide bonds. The Balaban J connectivity index is 4.29. The first-order valence-corrected chi connectivity index (χ1v) is 5.04. The summed E-state index contributed by atoms with van der Waals surface area (Å²) in [5.74, 6) is -2.78. The number of aliphatic carboxylic acids is 1. The zero-order valence-electron chi connectivity index (χ0n) is 9.84. The number of nitrogens with two attached hydrogens (primary N) is 1. The van der Waals surface area contributed by atoms with Crippen LogP contribution in [0.3, 0.4) is 0 Å². The highest BCUT2D eigenvalue weighted by molar-refractivity contribution is 5.93. The van der Waals surface area contributed by atoms with Gasteiger partial charge < -0.3 is 15.6 Å². The van der Waals surface area contributed by atoms with E-state index in [4.69, 9.17) is 10.8 Å². The number of alkyl carbamates (subject to hydrolysis) is 1. The van der Waals surface area contributed by atoms with Crippen LogP contribution in [-0.2, 0) is 19.1 Å². The lowest BCUT2D eigenvalue weighted by Crippen LogP contribution is -2.45. The predicted molar refractivity (Wildman–Crippen MR) is 58.4 cm³/mol. The average Bonchev–Trinajstić information content (AvgIpc) is 2.14. The Morgan fingerprint density at radius 2 is 1.83 bits per heavy atom. The largest absolute Gasteiger partial charge is 0.480 e. The second-order valence-electron chi connectivity index (χ2n) is 3.27. The molecule has 0 saturated carbocycles. The monoisotopic (exact) mass is 261 g/mol. The molecular formula is C9H15N3O6. The molecule has 9 nitrogen and oxygen atoms in total. The van der Waals surface area contributed by atoms with Crippen molar-refractivity contribution in [2.75, 3.05) is 26.2 Å². The SMILES string of the molecule is CCOC(=O)NC(=O)CN(CC(N)=O)CC(=O)O. The molecule has 102 valence electrons. The molecule has 0 rings (SSSR count). The highest BCUT2D eigenvalue weighted by Crippen LogP contribution is 1.88. The average molecular weight is 261 g/mol. The van der Waals surface area contributed by atoms with Crippen LogP contribution in [0.4, 0.5) is 4.79 Å². The molecule has 0 atom stereocenters. The van der Waals surface area contributed by atoms with Gasteiger partial charge in [-0.2, -0.15) is 0 Å². The highest BCUT2D eigenvalue weighted by atomic mass is 16.5. The molecule has 0 heterocycles. The van der Waals surface area contributed by atoms with Gasteiger partial charge in [0.2, 0.25) is 11.8 Å². The number of hydrogen-bond donors (Lipinski definition) is 3. The van der Waals surface area contributed by atoms with Crippen molar-refractivity contribution in [3.63, 3.8) is 0 Å². The summed E-state index contributed by atoms with van der Waals surface area (Å²) in [6.07, 6.45) is -0.933. The van der Waals surface area contributed by atoms with E-state index in [0.29, 0.717) is 0 Å². The summed E-state index contributed by atoms with van der Waals surface area (Å²) in [4.78, 5) is 44.3. The molecule has 0 saturated heterocycles. The maximum atomic E-state index is 11.3. The topological polar surface area (TPSA) is 139 Å². The lowest BCUT2D eigenvalue weighted by Gasteiger charge is -2.17. The molecule has 0 aliphatic heterocycles. The van der Waals surface area contributed by atoms with Crippen LogP contribution in [0.1, 0.15) is 6.92 Å². The summed E-state index contributed by atoms with van der Waals surface area (Å²) in [6.45, 7) is 0.267. The van der Waals surface area contributed by atoms with E-state index in [-0.39, 0.29) is 6.61 Å². The van der Waals surface area contributed by atoms with Crippen molar-refractivity contribution in [2.24, 2.45) is 5.73 Å². The van der Waals surface area contributed by atoms with Gasteiger partial charge in [-0.3, -0.25) is 24.6 Å². The number of ether oxygens (including phenoxy) is 1. The van der Waals surface area contributed by atoms with Gasteiger partial charge in [0.25, 0.3) is 0 Å². The number of hydrogen-bond acceptors (Lipinski definition) is 6. The Hall–Kier alpha value is -2.16. The van der Waals surface area contributed by atoms with Gasteiger partial charge >= 0.3 is 12.1 Å². The van der Waals surface area contributed by atoms with Crippen molar-refractivity contribution < 1.29 is 29.0 Å². The number of rotatable bonds is 7. The van der Waals surface area contributed by atoms with Gasteiger partial charge in [-0.1, -0.05) is 0 Å². The van der Waals surface area contributed by atoms with Crippen LogP contribution in [-0.4, -0.2) is 60.1 Å². The Bertz CT molecular complexity index is 327. The van der Waals surface area contributed by atoms with Crippen molar-refractivity contribution in [3.05, 3.63) is 0 Å². The predicted octanol–water partition coefficient (Wildman–Crippen LogP) is -1.87. The number of carbonyl (C=O) groups excluding carboxylic acids is 3. The molecule has 0 unspecified atom stereocenters. The van der Waals surface area contributed by atoms with Gasteiger partial charge in [0.1, 0.15) is 0 Å². The number of carbonyl (C=O) groups is 4. The van der Waals surface area contributed by atoms with E-state index in [1.807, 2.05) is 5.32 Å². The van der Waals surface area contributed by atoms with Crippen LogP contribution in [0.15, 0.2) is 0 Å². The highest BCUT2D eigenvalue weighted by Gasteiger charge is 2.17. The molecule has 0 spiro atoms. The molecule has 9 heteroatoms. The Labute approximate surface area is 103 Å². The van der Waals surface area contributed by atoms with E-state index in [9.17, 15) is 19.2 Å². The zero-order valence-corrected chi connectivity index (χ0v) is 9.84. The summed E-state index contributed by atoms with van der Waals surface area (Å²) in [7, 11) is 0. The summed E-state index contributed by atoms with van der Waals surface area (Å²) < 4.78 is 4.46. The van der Waals surface area contributed by atoms with Gasteiger partial charge in [0.15, 0.2) is 0 Å². The van der Waals surface area contributed by atoms with Crippen LogP contribution in [0.5, 0.6) is 0 Å². The first-order chi connectivity index (χ1) is 8.35. The molecule has 0 aromatic rings. The third-order valence-electron chi connectivity index (χ3n) is 1.62. The summed E-state index contributed by atoms with van der Waals surface area (Å²) >= 11 is 0. The minimum atomic E-state index is -1.22. The molecule has 4 N–H and O–H groups in total. The fourth-order valence-corrected chi connectivity index (χ4v) is 1.10. The second-order valence-corrected chi connectivity index (χ2v) is 3.27. The smallest absolute Gasteiger partial charge is 0.413 e. The fraction of sp³-hybridized carbons (Fsp3) is 0.556. The first-order valence-electron chi connectivity index (χ1n) is 5.04. The van der Waals surface area contributed by atoms with Gasteiger partial charge in [-0.25, -0.2) is 4.79 Å². The third kappa shape index (κ3) is 8.05. The van der Waals surface area contributed by atoms with Gasteiger partial charge in [-0.15, -0.1) is 0 Å². The first kappa shape index (κ1) is 15.8. The maximum Gasteiger partial charge on any atom is 0.413 e. The van der Waals surface area contributed by atoms with Crippen LogP contribution in [0.2, 0.25) is 0 Å². The van der Waals surface area contributed by atoms with Gasteiger partial charge in [0.05, 0.1) is 26.2 Å². The van der Waals surface area contributed by atoms with E-state index in [2.05, 4.69) is 4.74 Å². The molecule has 0 bridgehead atoms. The molecule has 0 aromatic carbocycles. The molecule has 0 aliphatic carbocycles. The lowest BCUT2D eigenvalue weighted by atomic mass is 10.4. The van der Waals surface area contributed by atoms with E-state index < -0.39 is 43.5 Å². The molecule has 18 heavy (non-hydrogen) atoms. The molecule has 0 fully saturated rings. The van der Waals surface area contributed by atoms with Crippen LogP contribution < -0.4 is 11.1 Å². The quantitative estimate of drug-likeness (QED) is 0.487. The standard InChI is InChI=1S/C9H15N3O6/c1-2-18-9(17)11-7(14)4-12(3-6(10)13)5-8(15)16/h2-5H2,1H3,(H2,10,13)(H,15,16)(H,11,14,17). The molecule has 0 aromatic heterocycles. The molecule has 0 aliphatic rings. The fourth-order valence-electron chi connectivity index (χ4n) is 1.10. The van der Waals surface area contributed by atoms with Crippen molar-refractivity contribution in [3.8, 4) is 0 Å². The number of amides is 3. The Kier molecular flexibility index (Phi) is 7.05. The van der Waals surface area contributed by atoms with E-state index >= 15 is 0 Å². The lowest BCUT2D eigenvalue weighted by molar-refractivity contribution is -0.139. The summed E-state index contributed by atoms with van der Waals surface area (Å²) in [6, 6.07) is 0. The zero-order chi connectivity index (χ0) is 14.1. The maximum absolute atomic E-state index is 11.3. The van der Waals surface area contributed by atoms with Crippen molar-refractivity contribution >= 4 is 23.9 Å². The minimum Gasteiger partial charge on any atom is -0.480 e. The number of nitrogens with zero attached hydrogens (tertiary/aromatic N) is 1. The summed E-state index contributed by atoms with van der Waals surface area (Å²) in [5, 5.41) is 10.4. The van der Waals surface area contributed by atoms with Crippen molar-refractivity contribution in [2.45, 2.75) is 6.92 Å². The van der Waals surface area contributed by atoms with Gasteiger partial charge in [-0.05, 0) is 6.92 Å². The number of nitrogens with one attached hydrogen (secondary N) is 1. The van der Waals surface area contributed by atoms with E-state index in [1.54, 1.807) is 6.92 Å². The minimum absolute atomic E-state index is 0.0965. The Morgan fingerprint density at radius 1 is 1.22 bits per heavy atom. The van der Waals surface area contributed by atoms with Crippen LogP contribution >= 0.6 is 0 Å². The summed E-state index contributed by atoms with van der Waals surface area (Å²) in [5.41, 5.74) is 4.90. The molecule has 0 radical (unpaired) electrons. The third-order valence-corrected chi connectivity index (χ3v) is 1.62. The van der Waals surface area contributed by atoms with Crippen molar-refractivity contribution in [1.82, 2.24) is 10.2 Å². The number of carboxylic acid groups (broad SMARTS) is 1. The van der Waals surface area contributed by atoms with E-state index in [1.165, 1.54) is 0 Å². The van der Waals surface area contributed by atoms with Crippen molar-refractivity contribution in [1.29, 1.82) is 0 Å². The number of carboxylic acids is 1. The van der Waals surface area contributed by atoms with Gasteiger partial charge in [0, 0.05) is 0 Å². The number of primary amides is 1. The normalized spacial score (nSPS) is 9.89. The molecular weight excluding hydrogens is 246 g/mol. The number of imide groups is 1. The van der Waals surface area contributed by atoms with Crippen LogP contribution in [0.25, 0.3) is 0 Å². The van der Waals surface area contributed by atoms with E-state index in [0.717, 1.165) is 4.90 Å². The van der Waals surface area contributed by atoms with Crippen LogP contribution in [0, 0.1) is 0 Å². The second kappa shape index (κ2) is 8.01.